The van der Waals surface area contributed by atoms with E-state index in [4.69, 9.17) is 11.5 Å². The molecule has 4 N–H and O–H groups in total. The van der Waals surface area contributed by atoms with Crippen molar-refractivity contribution < 1.29 is 13.9 Å². The fourth-order valence-corrected chi connectivity index (χ4v) is 1.03. The summed E-state index contributed by atoms with van der Waals surface area (Å²) in [5, 5.41) is 0. The van der Waals surface area contributed by atoms with Crippen LogP contribution >= 0.6 is 0 Å². The Labute approximate surface area is 92.4 Å². The molecule has 1 aromatic rings. The first-order chi connectivity index (χ1) is 7.54. The maximum Gasteiger partial charge on any atom is 0.384 e. The van der Waals surface area contributed by atoms with Gasteiger partial charge in [-0.3, -0.25) is 0 Å². The van der Waals surface area contributed by atoms with Crippen LogP contribution in [-0.4, -0.2) is 12.6 Å². The van der Waals surface area contributed by atoms with E-state index in [-0.39, 0.29) is 23.5 Å². The Bertz CT molecular complexity index is 475. The van der Waals surface area contributed by atoms with E-state index in [1.54, 1.807) is 6.92 Å². The second-order valence-corrected chi connectivity index (χ2v) is 2.93. The molecule has 1 rings (SSSR count). The van der Waals surface area contributed by atoms with Gasteiger partial charge in [0.25, 0.3) is 0 Å². The van der Waals surface area contributed by atoms with Gasteiger partial charge in [-0.2, -0.15) is 0 Å². The molecule has 0 atom stereocenters. The first-order valence-corrected chi connectivity index (χ1v) is 4.58. The second-order valence-electron chi connectivity index (χ2n) is 2.93. The van der Waals surface area contributed by atoms with E-state index in [1.807, 2.05) is 0 Å². The molecule has 0 aliphatic carbocycles. The number of hydrogen-bond acceptors (Lipinski definition) is 4. The summed E-state index contributed by atoms with van der Waals surface area (Å²) in [7, 11) is 0. The smallest absolute Gasteiger partial charge is 0.384 e. The minimum atomic E-state index is -0.690. The van der Waals surface area contributed by atoms with Crippen LogP contribution in [0, 0.1) is 17.7 Å². The van der Waals surface area contributed by atoms with Gasteiger partial charge in [0.15, 0.2) is 0 Å². The third-order valence-electron chi connectivity index (χ3n) is 1.75. The molecule has 0 saturated carbocycles. The van der Waals surface area contributed by atoms with Crippen LogP contribution in [-0.2, 0) is 9.53 Å². The number of nitrogens with two attached hydrogens (primary N) is 2. The molecule has 0 radical (unpaired) electrons. The largest absolute Gasteiger partial charge is 0.456 e. The van der Waals surface area contributed by atoms with Crippen molar-refractivity contribution in [3.63, 3.8) is 0 Å². The molecule has 5 heteroatoms. The summed E-state index contributed by atoms with van der Waals surface area (Å²) < 4.78 is 17.5. The predicted molar refractivity (Wildman–Crippen MR) is 58.7 cm³/mol. The molecule has 0 saturated heterocycles. The van der Waals surface area contributed by atoms with Gasteiger partial charge in [-0.1, -0.05) is 5.92 Å². The Morgan fingerprint density at radius 1 is 1.50 bits per heavy atom. The maximum atomic E-state index is 13.0. The number of carbonyl (C=O) groups excluding carboxylic acids is 1. The standard InChI is InChI=1S/C11H11FN2O2/c1-2-16-10(15)4-3-7-5-8(12)6-9(13)11(7)14/h5-6H,2,13-14H2,1H3. The molecule has 0 unspecified atom stereocenters. The average molecular weight is 222 g/mol. The van der Waals surface area contributed by atoms with Crippen LogP contribution in [0.15, 0.2) is 12.1 Å². The summed E-state index contributed by atoms with van der Waals surface area (Å²) in [5.74, 6) is 3.35. The molecule has 4 nitrogen and oxygen atoms in total. The highest BCUT2D eigenvalue weighted by Crippen LogP contribution is 2.20. The normalized spacial score (nSPS) is 9.12. The Kier molecular flexibility index (Phi) is 3.72. The molecular formula is C11H11FN2O2. The van der Waals surface area contributed by atoms with Crippen LogP contribution in [0.1, 0.15) is 12.5 Å². The van der Waals surface area contributed by atoms with E-state index in [2.05, 4.69) is 16.6 Å². The summed E-state index contributed by atoms with van der Waals surface area (Å²) in [5.41, 5.74) is 11.4. The highest BCUT2D eigenvalue weighted by Gasteiger charge is 2.04. The van der Waals surface area contributed by atoms with Gasteiger partial charge in [0.05, 0.1) is 23.5 Å². The van der Waals surface area contributed by atoms with Gasteiger partial charge in [0.1, 0.15) is 5.82 Å². The topological polar surface area (TPSA) is 78.3 Å². The van der Waals surface area contributed by atoms with Gasteiger partial charge in [-0.05, 0) is 19.1 Å². The molecule has 0 amide bonds. The van der Waals surface area contributed by atoms with E-state index in [0.29, 0.717) is 0 Å². The molecule has 84 valence electrons. The summed E-state index contributed by atoms with van der Waals surface area (Å²) >= 11 is 0. The highest BCUT2D eigenvalue weighted by molar-refractivity contribution is 5.90. The Morgan fingerprint density at radius 2 is 2.19 bits per heavy atom. The number of anilines is 2. The van der Waals surface area contributed by atoms with Crippen molar-refractivity contribution in [2.24, 2.45) is 0 Å². The van der Waals surface area contributed by atoms with Gasteiger partial charge < -0.3 is 16.2 Å². The molecule has 0 aliphatic rings. The van der Waals surface area contributed by atoms with Crippen molar-refractivity contribution in [3.8, 4) is 11.8 Å². The lowest BCUT2D eigenvalue weighted by Crippen LogP contribution is -2.01. The molecule has 0 aromatic heterocycles. The number of ether oxygens (including phenoxy) is 1. The molecule has 0 fully saturated rings. The Morgan fingerprint density at radius 3 is 2.81 bits per heavy atom. The lowest BCUT2D eigenvalue weighted by atomic mass is 10.1. The van der Waals surface area contributed by atoms with E-state index in [0.717, 1.165) is 12.1 Å². The molecular weight excluding hydrogens is 211 g/mol. The predicted octanol–water partition coefficient (Wildman–Crippen LogP) is 0.905. The van der Waals surface area contributed by atoms with Crippen molar-refractivity contribution in [2.45, 2.75) is 6.92 Å². The minimum absolute atomic E-state index is 0.0909. The quantitative estimate of drug-likeness (QED) is 0.420. The molecule has 0 heterocycles. The first-order valence-electron chi connectivity index (χ1n) is 4.58. The summed E-state index contributed by atoms with van der Waals surface area (Å²) in [6, 6.07) is 2.20. The molecule has 0 spiro atoms. The number of nitrogen functional groups attached to an aromatic ring is 2. The highest BCUT2D eigenvalue weighted by atomic mass is 19.1. The molecule has 0 aliphatic heterocycles. The lowest BCUT2D eigenvalue weighted by molar-refractivity contribution is -0.136. The number of halogens is 1. The van der Waals surface area contributed by atoms with E-state index < -0.39 is 11.8 Å². The van der Waals surface area contributed by atoms with Gasteiger partial charge in [0, 0.05) is 5.92 Å². The van der Waals surface area contributed by atoms with E-state index in [1.165, 1.54) is 0 Å². The van der Waals surface area contributed by atoms with Crippen molar-refractivity contribution in [1.82, 2.24) is 0 Å². The number of rotatable bonds is 1. The lowest BCUT2D eigenvalue weighted by Gasteiger charge is -2.02. The zero-order chi connectivity index (χ0) is 12.1. The van der Waals surface area contributed by atoms with Crippen LogP contribution in [0.2, 0.25) is 0 Å². The van der Waals surface area contributed by atoms with Gasteiger partial charge in [-0.25, -0.2) is 9.18 Å². The van der Waals surface area contributed by atoms with Crippen LogP contribution in [0.5, 0.6) is 0 Å². The minimum Gasteiger partial charge on any atom is -0.456 e. The van der Waals surface area contributed by atoms with Gasteiger partial charge >= 0.3 is 5.97 Å². The van der Waals surface area contributed by atoms with Crippen molar-refractivity contribution in [3.05, 3.63) is 23.5 Å². The van der Waals surface area contributed by atoms with E-state index in [9.17, 15) is 9.18 Å². The zero-order valence-electron chi connectivity index (χ0n) is 8.71. The third-order valence-corrected chi connectivity index (χ3v) is 1.75. The Hall–Kier alpha value is -2.22. The van der Waals surface area contributed by atoms with Crippen molar-refractivity contribution >= 4 is 17.3 Å². The first kappa shape index (κ1) is 11.9. The van der Waals surface area contributed by atoms with Gasteiger partial charge in [0.2, 0.25) is 0 Å². The van der Waals surface area contributed by atoms with Crippen LogP contribution in [0.4, 0.5) is 15.8 Å². The van der Waals surface area contributed by atoms with Gasteiger partial charge in [-0.15, -0.1) is 0 Å². The molecule has 0 bridgehead atoms. The number of hydrogen-bond donors (Lipinski definition) is 2. The van der Waals surface area contributed by atoms with Crippen LogP contribution in [0.25, 0.3) is 0 Å². The number of carbonyl (C=O) groups is 1. The fourth-order valence-electron chi connectivity index (χ4n) is 1.03. The average Bonchev–Trinajstić information content (AvgIpc) is 2.21. The SMILES string of the molecule is CCOC(=O)C#Cc1cc(F)cc(N)c1N. The van der Waals surface area contributed by atoms with Crippen molar-refractivity contribution in [2.75, 3.05) is 18.1 Å². The monoisotopic (exact) mass is 222 g/mol. The maximum absolute atomic E-state index is 13.0. The van der Waals surface area contributed by atoms with Crippen LogP contribution < -0.4 is 11.5 Å². The summed E-state index contributed by atoms with van der Waals surface area (Å²) in [4.78, 5) is 10.9. The fraction of sp³-hybridized carbons (Fsp3) is 0.182. The van der Waals surface area contributed by atoms with Crippen molar-refractivity contribution in [1.29, 1.82) is 0 Å². The Balaban J connectivity index is 3.01. The molecule has 1 aromatic carbocycles. The number of esters is 1. The zero-order valence-corrected chi connectivity index (χ0v) is 8.71. The summed E-state index contributed by atoms with van der Waals surface area (Å²) in [6.07, 6.45) is 0. The number of benzene rings is 1. The third kappa shape index (κ3) is 2.89. The molecule has 16 heavy (non-hydrogen) atoms. The summed E-state index contributed by atoms with van der Waals surface area (Å²) in [6.45, 7) is 1.89. The van der Waals surface area contributed by atoms with E-state index >= 15 is 0 Å². The second kappa shape index (κ2) is 5.03. The van der Waals surface area contributed by atoms with Crippen LogP contribution in [0.3, 0.4) is 0 Å².